The summed E-state index contributed by atoms with van der Waals surface area (Å²) in [5.41, 5.74) is 2.12. The number of aryl methyl sites for hydroxylation is 2. The van der Waals surface area contributed by atoms with Crippen LogP contribution in [0, 0.1) is 0 Å². The van der Waals surface area contributed by atoms with Crippen LogP contribution in [0.4, 0.5) is 5.69 Å². The fourth-order valence-corrected chi connectivity index (χ4v) is 3.96. The summed E-state index contributed by atoms with van der Waals surface area (Å²) < 4.78 is 24.6. The van der Waals surface area contributed by atoms with Crippen molar-refractivity contribution in [2.75, 3.05) is 5.32 Å². The second kappa shape index (κ2) is 6.33. The summed E-state index contributed by atoms with van der Waals surface area (Å²) in [5, 5.41) is 8.23. The Balaban J connectivity index is 1.72. The molecule has 0 saturated carbocycles. The van der Waals surface area contributed by atoms with Gasteiger partial charge in [-0.05, 0) is 48.7 Å². The van der Waals surface area contributed by atoms with Gasteiger partial charge in [-0.25, -0.2) is 13.6 Å². The smallest absolute Gasteiger partial charge is 0.261 e. The van der Waals surface area contributed by atoms with Gasteiger partial charge in [0.25, 0.3) is 5.91 Å². The highest BCUT2D eigenvalue weighted by molar-refractivity contribution is 7.89. The van der Waals surface area contributed by atoms with E-state index in [4.69, 9.17) is 5.14 Å². The quantitative estimate of drug-likeness (QED) is 0.719. The standard InChI is InChI=1S/C19H17N3O4S/c20-27(25,26)14-8-6-13(7-9-14)21-19(24)16-11-22-10-2-4-12-3-1-5-15(17(12)22)18(16)23/h1,3,5-9,11H,2,4,10H2,(H,21,24)(H2,20,25,26). The topological polar surface area (TPSA) is 111 Å². The van der Waals surface area contributed by atoms with E-state index in [2.05, 4.69) is 5.32 Å². The van der Waals surface area contributed by atoms with Gasteiger partial charge in [0.15, 0.2) is 0 Å². The summed E-state index contributed by atoms with van der Waals surface area (Å²) in [7, 11) is -3.80. The molecule has 0 aliphatic carbocycles. The lowest BCUT2D eigenvalue weighted by Crippen LogP contribution is -2.25. The lowest BCUT2D eigenvalue weighted by molar-refractivity contribution is 0.102. The number of amides is 1. The van der Waals surface area contributed by atoms with Crippen LogP contribution in [0.3, 0.4) is 0 Å². The summed E-state index contributed by atoms with van der Waals surface area (Å²) in [6, 6.07) is 11.0. The van der Waals surface area contributed by atoms with Crippen molar-refractivity contribution in [1.29, 1.82) is 0 Å². The van der Waals surface area contributed by atoms with Gasteiger partial charge in [0, 0.05) is 23.8 Å². The molecule has 2 aromatic carbocycles. The molecule has 1 aromatic heterocycles. The number of nitrogens with two attached hydrogens (primary N) is 1. The van der Waals surface area contributed by atoms with Crippen LogP contribution in [-0.4, -0.2) is 18.9 Å². The van der Waals surface area contributed by atoms with Crippen LogP contribution in [-0.2, 0) is 23.0 Å². The molecule has 4 rings (SSSR count). The van der Waals surface area contributed by atoms with Gasteiger partial charge in [0.05, 0.1) is 10.4 Å². The van der Waals surface area contributed by atoms with E-state index in [0.717, 1.165) is 30.5 Å². The third kappa shape index (κ3) is 3.13. The van der Waals surface area contributed by atoms with Crippen molar-refractivity contribution in [3.8, 4) is 0 Å². The molecule has 138 valence electrons. The molecule has 1 aliphatic rings. The van der Waals surface area contributed by atoms with Crippen LogP contribution in [0.15, 0.2) is 58.4 Å². The number of hydrogen-bond donors (Lipinski definition) is 2. The molecule has 7 nitrogen and oxygen atoms in total. The lowest BCUT2D eigenvalue weighted by atomic mass is 10.00. The molecule has 0 spiro atoms. The molecule has 27 heavy (non-hydrogen) atoms. The van der Waals surface area contributed by atoms with Crippen LogP contribution in [0.2, 0.25) is 0 Å². The number of benzene rings is 2. The van der Waals surface area contributed by atoms with Crippen LogP contribution < -0.4 is 15.9 Å². The van der Waals surface area contributed by atoms with Crippen molar-refractivity contribution in [2.45, 2.75) is 24.3 Å². The van der Waals surface area contributed by atoms with Crippen molar-refractivity contribution in [1.82, 2.24) is 4.57 Å². The maximum Gasteiger partial charge on any atom is 0.261 e. The molecular weight excluding hydrogens is 366 g/mol. The highest BCUT2D eigenvalue weighted by Crippen LogP contribution is 2.23. The normalized spacial score (nSPS) is 13.5. The SMILES string of the molecule is NS(=O)(=O)c1ccc(NC(=O)c2cn3c4c(cccc4c2=O)CCC3)cc1. The molecule has 0 saturated heterocycles. The summed E-state index contributed by atoms with van der Waals surface area (Å²) in [5.74, 6) is -0.537. The first-order valence-electron chi connectivity index (χ1n) is 8.44. The van der Waals surface area contributed by atoms with Gasteiger partial charge in [0.1, 0.15) is 5.56 Å². The lowest BCUT2D eigenvalue weighted by Gasteiger charge is -2.20. The predicted octanol–water partition coefficient (Wildman–Crippen LogP) is 1.85. The number of carbonyl (C=O) groups is 1. The van der Waals surface area contributed by atoms with E-state index >= 15 is 0 Å². The summed E-state index contributed by atoms with van der Waals surface area (Å²) in [6.45, 7) is 0.747. The van der Waals surface area contributed by atoms with E-state index < -0.39 is 15.9 Å². The van der Waals surface area contributed by atoms with E-state index in [1.165, 1.54) is 24.3 Å². The Hall–Kier alpha value is -2.97. The average molecular weight is 383 g/mol. The van der Waals surface area contributed by atoms with Crippen LogP contribution in [0.25, 0.3) is 10.9 Å². The molecular formula is C19H17N3O4S. The first-order valence-corrected chi connectivity index (χ1v) is 9.98. The van der Waals surface area contributed by atoms with Gasteiger partial charge in [-0.15, -0.1) is 0 Å². The maximum atomic E-state index is 12.8. The molecule has 2 heterocycles. The number of anilines is 1. The highest BCUT2D eigenvalue weighted by atomic mass is 32.2. The monoisotopic (exact) mass is 383 g/mol. The number of hydrogen-bond acceptors (Lipinski definition) is 4. The van der Waals surface area contributed by atoms with Crippen molar-refractivity contribution < 1.29 is 13.2 Å². The van der Waals surface area contributed by atoms with Crippen molar-refractivity contribution in [3.05, 3.63) is 70.0 Å². The number of pyridine rings is 1. The van der Waals surface area contributed by atoms with Gasteiger partial charge in [-0.1, -0.05) is 12.1 Å². The van der Waals surface area contributed by atoms with Crippen LogP contribution in [0.1, 0.15) is 22.3 Å². The largest absolute Gasteiger partial charge is 0.346 e. The Morgan fingerprint density at radius 1 is 1.11 bits per heavy atom. The zero-order chi connectivity index (χ0) is 19.2. The molecule has 8 heteroatoms. The molecule has 0 fully saturated rings. The Morgan fingerprint density at radius 3 is 2.56 bits per heavy atom. The second-order valence-corrected chi connectivity index (χ2v) is 8.07. The number of nitrogens with one attached hydrogen (secondary N) is 1. The van der Waals surface area contributed by atoms with Gasteiger partial charge < -0.3 is 9.88 Å². The molecule has 0 bridgehead atoms. The van der Waals surface area contributed by atoms with Gasteiger partial charge in [-0.2, -0.15) is 0 Å². The zero-order valence-corrected chi connectivity index (χ0v) is 15.1. The van der Waals surface area contributed by atoms with E-state index in [-0.39, 0.29) is 15.9 Å². The molecule has 1 amide bonds. The number of nitrogens with zero attached hydrogens (tertiary/aromatic N) is 1. The Morgan fingerprint density at radius 2 is 1.85 bits per heavy atom. The second-order valence-electron chi connectivity index (χ2n) is 6.51. The third-order valence-corrected chi connectivity index (χ3v) is 5.64. The van der Waals surface area contributed by atoms with Crippen LogP contribution >= 0.6 is 0 Å². The fourth-order valence-electron chi connectivity index (χ4n) is 3.44. The number of primary sulfonamides is 1. The van der Waals surface area contributed by atoms with E-state index in [0.29, 0.717) is 11.1 Å². The number of carbonyl (C=O) groups excluding carboxylic acids is 1. The fraction of sp³-hybridized carbons (Fsp3) is 0.158. The van der Waals surface area contributed by atoms with Crippen molar-refractivity contribution >= 4 is 32.5 Å². The molecule has 0 atom stereocenters. The number of sulfonamides is 1. The van der Waals surface area contributed by atoms with Gasteiger partial charge in [0.2, 0.25) is 15.5 Å². The van der Waals surface area contributed by atoms with Gasteiger partial charge in [-0.3, -0.25) is 9.59 Å². The minimum atomic E-state index is -3.80. The van der Waals surface area contributed by atoms with Crippen LogP contribution in [0.5, 0.6) is 0 Å². The Kier molecular flexibility index (Phi) is 4.09. The first kappa shape index (κ1) is 17.4. The Bertz CT molecular complexity index is 1230. The summed E-state index contributed by atoms with van der Waals surface area (Å²) in [4.78, 5) is 25.4. The molecule has 0 radical (unpaired) electrons. The van der Waals surface area contributed by atoms with E-state index in [9.17, 15) is 18.0 Å². The summed E-state index contributed by atoms with van der Waals surface area (Å²) >= 11 is 0. The van der Waals surface area contributed by atoms with Crippen molar-refractivity contribution in [3.63, 3.8) is 0 Å². The molecule has 1 aliphatic heterocycles. The van der Waals surface area contributed by atoms with Crippen molar-refractivity contribution in [2.24, 2.45) is 5.14 Å². The molecule has 0 unspecified atom stereocenters. The minimum absolute atomic E-state index is 0.0526. The molecule has 3 N–H and O–H groups in total. The van der Waals surface area contributed by atoms with E-state index in [1.54, 1.807) is 12.3 Å². The van der Waals surface area contributed by atoms with Gasteiger partial charge >= 0.3 is 0 Å². The third-order valence-electron chi connectivity index (χ3n) is 4.71. The first-order chi connectivity index (χ1) is 12.8. The molecule has 3 aromatic rings. The predicted molar refractivity (Wildman–Crippen MR) is 102 cm³/mol. The summed E-state index contributed by atoms with van der Waals surface area (Å²) in [6.07, 6.45) is 3.46. The highest BCUT2D eigenvalue weighted by Gasteiger charge is 2.19. The minimum Gasteiger partial charge on any atom is -0.346 e. The maximum absolute atomic E-state index is 12.8. The number of para-hydroxylation sites is 1. The number of rotatable bonds is 3. The number of aromatic nitrogens is 1. The Labute approximate surface area is 155 Å². The average Bonchev–Trinajstić information content (AvgIpc) is 2.64. The zero-order valence-electron chi connectivity index (χ0n) is 14.3. The van der Waals surface area contributed by atoms with E-state index in [1.807, 2.05) is 16.7 Å².